The fourth-order valence-electron chi connectivity index (χ4n) is 3.03. The van der Waals surface area contributed by atoms with Gasteiger partial charge in [-0.15, -0.1) is 6.42 Å². The lowest BCUT2D eigenvalue weighted by Crippen LogP contribution is -2.63. The summed E-state index contributed by atoms with van der Waals surface area (Å²) in [6.07, 6.45) is -10.8. The third-order valence-electron chi connectivity index (χ3n) is 4.61. The van der Waals surface area contributed by atoms with Crippen molar-refractivity contribution in [3.63, 3.8) is 0 Å². The monoisotopic (exact) mass is 428 g/mol. The van der Waals surface area contributed by atoms with E-state index in [1.165, 1.54) is 7.11 Å². The van der Waals surface area contributed by atoms with Crippen molar-refractivity contribution in [2.75, 3.05) is 13.3 Å². The normalized spacial score (nSPS) is 44.8. The lowest BCUT2D eigenvalue weighted by atomic mass is 9.96. The van der Waals surface area contributed by atoms with Crippen LogP contribution in [-0.2, 0) is 23.5 Å². The summed E-state index contributed by atoms with van der Waals surface area (Å²) in [4.78, 5) is 18.0. The summed E-state index contributed by atoms with van der Waals surface area (Å²) in [6, 6.07) is 0. The van der Waals surface area contributed by atoms with Gasteiger partial charge in [-0.3, -0.25) is 4.57 Å². The van der Waals surface area contributed by atoms with Crippen molar-refractivity contribution in [1.82, 2.24) is 0 Å². The maximum absolute atomic E-state index is 11.0. The first kappa shape index (κ1) is 23.6. The SMILES string of the molecule is C#C[C@H]1O[C@H](OC)[C@@H](O[C@H]2O[C@H](CCP(=O)(O)O)[C@@H](O)[C@H](O)[C@@H]2O)[C@@H](O)[C@@H]1O. The number of methoxy groups -OCH3 is 1. The maximum atomic E-state index is 11.0. The topological polar surface area (TPSA) is 196 Å². The molecule has 162 valence electrons. The van der Waals surface area contributed by atoms with Gasteiger partial charge in [0, 0.05) is 7.11 Å². The number of hydrogen-bond donors (Lipinski definition) is 7. The predicted molar refractivity (Wildman–Crippen MR) is 89.6 cm³/mol. The molecule has 0 aromatic carbocycles. The van der Waals surface area contributed by atoms with Crippen LogP contribution in [0.15, 0.2) is 0 Å². The van der Waals surface area contributed by atoms with Crippen LogP contribution >= 0.6 is 7.60 Å². The van der Waals surface area contributed by atoms with Gasteiger partial charge in [0.05, 0.1) is 12.3 Å². The standard InChI is InChI=1S/C15H25O12P/c1-3-6-8(16)11(19)13(15(24-2)25-6)27-14-12(20)10(18)9(17)7(26-14)4-5-28(21,22)23/h1,6-20H,4-5H2,2H3,(H2,21,22,23)/t6-,7-,8-,9-,10+,11+,12+,13+,14-,15+/m1/s1. The van der Waals surface area contributed by atoms with Crippen LogP contribution in [0.25, 0.3) is 0 Å². The van der Waals surface area contributed by atoms with E-state index >= 15 is 0 Å². The van der Waals surface area contributed by atoms with E-state index in [0.29, 0.717) is 0 Å². The van der Waals surface area contributed by atoms with Gasteiger partial charge in [0.1, 0.15) is 42.7 Å². The first-order chi connectivity index (χ1) is 13.0. The van der Waals surface area contributed by atoms with E-state index in [-0.39, 0.29) is 6.42 Å². The maximum Gasteiger partial charge on any atom is 0.325 e. The largest absolute Gasteiger partial charge is 0.388 e. The Labute approximate surface area is 160 Å². The van der Waals surface area contributed by atoms with Crippen LogP contribution in [0.5, 0.6) is 0 Å². The molecule has 2 saturated heterocycles. The van der Waals surface area contributed by atoms with Gasteiger partial charge < -0.3 is 54.3 Å². The molecule has 2 aliphatic heterocycles. The van der Waals surface area contributed by atoms with Crippen molar-refractivity contribution in [1.29, 1.82) is 0 Å². The molecule has 0 bridgehead atoms. The Morgan fingerprint density at radius 2 is 1.61 bits per heavy atom. The summed E-state index contributed by atoms with van der Waals surface area (Å²) in [5.74, 6) is 2.14. The highest BCUT2D eigenvalue weighted by Crippen LogP contribution is 2.37. The number of ether oxygens (including phenoxy) is 4. The van der Waals surface area contributed by atoms with Gasteiger partial charge in [-0.05, 0) is 6.42 Å². The van der Waals surface area contributed by atoms with Gasteiger partial charge in [-0.2, -0.15) is 0 Å². The van der Waals surface area contributed by atoms with Gasteiger partial charge in [-0.1, -0.05) is 5.92 Å². The summed E-state index contributed by atoms with van der Waals surface area (Å²) in [7, 11) is -3.18. The number of terminal acetylenes is 1. The lowest BCUT2D eigenvalue weighted by molar-refractivity contribution is -0.357. The zero-order valence-electron chi connectivity index (χ0n) is 14.9. The van der Waals surface area contributed by atoms with Crippen LogP contribution in [0.3, 0.4) is 0 Å². The Kier molecular flexibility index (Phi) is 7.97. The molecule has 0 aromatic rings. The van der Waals surface area contributed by atoms with E-state index in [9.17, 15) is 30.1 Å². The molecule has 0 aliphatic carbocycles. The van der Waals surface area contributed by atoms with Crippen LogP contribution in [0.2, 0.25) is 0 Å². The highest BCUT2D eigenvalue weighted by atomic mass is 31.2. The number of hydrogen-bond acceptors (Lipinski definition) is 10. The Morgan fingerprint density at radius 3 is 2.14 bits per heavy atom. The first-order valence-electron chi connectivity index (χ1n) is 8.40. The van der Waals surface area contributed by atoms with Crippen molar-refractivity contribution >= 4 is 7.60 Å². The van der Waals surface area contributed by atoms with Crippen molar-refractivity contribution in [3.8, 4) is 12.3 Å². The number of aliphatic hydroxyl groups is 5. The van der Waals surface area contributed by atoms with Crippen molar-refractivity contribution in [2.45, 2.75) is 67.8 Å². The van der Waals surface area contributed by atoms with Crippen LogP contribution in [0.4, 0.5) is 0 Å². The average Bonchev–Trinajstić information content (AvgIpc) is 2.64. The van der Waals surface area contributed by atoms with E-state index in [4.69, 9.17) is 35.2 Å². The minimum absolute atomic E-state index is 0.339. The smallest absolute Gasteiger partial charge is 0.325 e. The predicted octanol–water partition coefficient (Wildman–Crippen LogP) is -3.53. The van der Waals surface area contributed by atoms with E-state index in [0.717, 1.165) is 0 Å². The number of aliphatic hydroxyl groups excluding tert-OH is 5. The zero-order chi connectivity index (χ0) is 21.2. The second kappa shape index (κ2) is 9.44. The van der Waals surface area contributed by atoms with Gasteiger partial charge in [0.25, 0.3) is 0 Å². The molecule has 10 atom stereocenters. The minimum atomic E-state index is -4.40. The molecule has 12 nitrogen and oxygen atoms in total. The summed E-state index contributed by atoms with van der Waals surface area (Å²) in [5, 5.41) is 50.4. The molecule has 7 N–H and O–H groups in total. The fourth-order valence-corrected chi connectivity index (χ4v) is 3.62. The Morgan fingerprint density at radius 1 is 0.964 bits per heavy atom. The molecule has 28 heavy (non-hydrogen) atoms. The van der Waals surface area contributed by atoms with Crippen LogP contribution in [-0.4, -0.2) is 110 Å². The van der Waals surface area contributed by atoms with Crippen molar-refractivity contribution < 1.29 is 58.8 Å². The molecule has 0 amide bonds. The first-order valence-corrected chi connectivity index (χ1v) is 10.2. The van der Waals surface area contributed by atoms with Gasteiger partial charge >= 0.3 is 7.60 Å². The van der Waals surface area contributed by atoms with Gasteiger partial charge in [0.15, 0.2) is 12.6 Å². The third kappa shape index (κ3) is 5.28. The molecule has 0 radical (unpaired) electrons. The van der Waals surface area contributed by atoms with Gasteiger partial charge in [0.2, 0.25) is 0 Å². The molecule has 13 heteroatoms. The van der Waals surface area contributed by atoms with E-state index < -0.39 is 75.2 Å². The molecule has 0 aromatic heterocycles. The summed E-state index contributed by atoms with van der Waals surface area (Å²) >= 11 is 0. The van der Waals surface area contributed by atoms with Crippen LogP contribution < -0.4 is 0 Å². The highest BCUT2D eigenvalue weighted by molar-refractivity contribution is 7.51. The molecule has 0 spiro atoms. The number of rotatable bonds is 6. The quantitative estimate of drug-likeness (QED) is 0.163. The Bertz CT molecular complexity index is 602. The summed E-state index contributed by atoms with van der Waals surface area (Å²) < 4.78 is 32.1. The Hall–Kier alpha value is -0.650. The van der Waals surface area contributed by atoms with Crippen LogP contribution in [0, 0.1) is 12.3 Å². The second-order valence-corrected chi connectivity index (χ2v) is 8.38. The fraction of sp³-hybridized carbons (Fsp3) is 0.867. The van der Waals surface area contributed by atoms with Crippen molar-refractivity contribution in [3.05, 3.63) is 0 Å². The molecule has 2 fully saturated rings. The zero-order valence-corrected chi connectivity index (χ0v) is 15.8. The molecule has 0 saturated carbocycles. The molecule has 2 aliphatic rings. The lowest BCUT2D eigenvalue weighted by Gasteiger charge is -2.45. The Balaban J connectivity index is 2.13. The summed E-state index contributed by atoms with van der Waals surface area (Å²) in [5.41, 5.74) is 0. The highest BCUT2D eigenvalue weighted by Gasteiger charge is 2.50. The molecule has 2 rings (SSSR count). The van der Waals surface area contributed by atoms with E-state index in [2.05, 4.69) is 5.92 Å². The third-order valence-corrected chi connectivity index (χ3v) is 5.45. The minimum Gasteiger partial charge on any atom is -0.388 e. The molecule has 0 unspecified atom stereocenters. The van der Waals surface area contributed by atoms with Crippen LogP contribution in [0.1, 0.15) is 6.42 Å². The van der Waals surface area contributed by atoms with Crippen molar-refractivity contribution in [2.24, 2.45) is 0 Å². The van der Waals surface area contributed by atoms with Gasteiger partial charge in [-0.25, -0.2) is 0 Å². The second-order valence-electron chi connectivity index (χ2n) is 6.60. The van der Waals surface area contributed by atoms with E-state index in [1.54, 1.807) is 0 Å². The van der Waals surface area contributed by atoms with E-state index in [1.807, 2.05) is 0 Å². The molecular formula is C15H25O12P. The molecular weight excluding hydrogens is 403 g/mol. The average molecular weight is 428 g/mol. The summed E-state index contributed by atoms with van der Waals surface area (Å²) in [6.45, 7) is 0. The molecule has 2 heterocycles.